The molecule has 0 heterocycles. The normalized spacial score (nSPS) is 17.0. The Morgan fingerprint density at radius 1 is 1.43 bits per heavy atom. The Morgan fingerprint density at radius 2 is 2.14 bits per heavy atom. The van der Waals surface area contributed by atoms with Gasteiger partial charge in [0, 0.05) is 18.3 Å². The fraction of sp³-hybridized carbons (Fsp3) is 0.562. The number of aliphatic hydroxyl groups is 1. The first-order valence-corrected chi connectivity index (χ1v) is 7.36. The zero-order valence-corrected chi connectivity index (χ0v) is 12.8. The van der Waals surface area contributed by atoms with E-state index in [1.54, 1.807) is 13.2 Å². The molecule has 1 fully saturated rings. The highest BCUT2D eigenvalue weighted by atomic mass is 16.5. The standard InChI is InChI=1S/C16H24N2O3/c1-18(12-16(20)8-3-4-9-16)11-15(19)17-13-6-5-7-14(10-13)21-2/h5-7,10,20H,3-4,8-9,11-12H2,1-2H3,(H,17,19). The molecule has 1 aliphatic carbocycles. The second kappa shape index (κ2) is 6.91. The highest BCUT2D eigenvalue weighted by Gasteiger charge is 2.32. The fourth-order valence-electron chi connectivity index (χ4n) is 2.90. The van der Waals surface area contributed by atoms with E-state index in [0.29, 0.717) is 18.0 Å². The molecule has 2 N–H and O–H groups in total. The van der Waals surface area contributed by atoms with Crippen LogP contribution in [-0.2, 0) is 4.79 Å². The molecule has 1 aromatic rings. The summed E-state index contributed by atoms with van der Waals surface area (Å²) in [4.78, 5) is 13.9. The predicted octanol–water partition coefficient (Wildman–Crippen LogP) is 1.87. The Bertz CT molecular complexity index is 484. The number of nitrogens with one attached hydrogen (secondary N) is 1. The molecule has 2 rings (SSSR count). The lowest BCUT2D eigenvalue weighted by Crippen LogP contribution is -2.42. The van der Waals surface area contributed by atoms with Crippen LogP contribution in [0.4, 0.5) is 5.69 Å². The van der Waals surface area contributed by atoms with E-state index in [1.807, 2.05) is 30.1 Å². The number of benzene rings is 1. The van der Waals surface area contributed by atoms with Crippen molar-refractivity contribution in [3.63, 3.8) is 0 Å². The molecule has 0 unspecified atom stereocenters. The summed E-state index contributed by atoms with van der Waals surface area (Å²) in [5.41, 5.74) is 0.0951. The van der Waals surface area contributed by atoms with Gasteiger partial charge in [-0.15, -0.1) is 0 Å². The minimum Gasteiger partial charge on any atom is -0.497 e. The Hall–Kier alpha value is -1.59. The maximum atomic E-state index is 12.0. The number of methoxy groups -OCH3 is 1. The molecule has 116 valence electrons. The van der Waals surface area contributed by atoms with Crippen molar-refractivity contribution in [2.75, 3.05) is 32.6 Å². The number of carbonyl (C=O) groups is 1. The van der Waals surface area contributed by atoms with Crippen molar-refractivity contribution in [2.24, 2.45) is 0 Å². The van der Waals surface area contributed by atoms with Gasteiger partial charge >= 0.3 is 0 Å². The Balaban J connectivity index is 1.83. The van der Waals surface area contributed by atoms with Crippen LogP contribution in [0.25, 0.3) is 0 Å². The number of hydrogen-bond acceptors (Lipinski definition) is 4. The number of nitrogens with zero attached hydrogens (tertiary/aromatic N) is 1. The molecule has 1 aliphatic rings. The second-order valence-corrected chi connectivity index (χ2v) is 5.88. The minimum absolute atomic E-state index is 0.0904. The molecule has 5 heteroatoms. The molecule has 0 bridgehead atoms. The van der Waals surface area contributed by atoms with Crippen molar-refractivity contribution in [2.45, 2.75) is 31.3 Å². The lowest BCUT2D eigenvalue weighted by atomic mass is 10.0. The summed E-state index contributed by atoms with van der Waals surface area (Å²) in [6.45, 7) is 0.804. The lowest BCUT2D eigenvalue weighted by Gasteiger charge is -2.28. The molecule has 0 aliphatic heterocycles. The van der Waals surface area contributed by atoms with Crippen LogP contribution in [0.3, 0.4) is 0 Å². The van der Waals surface area contributed by atoms with Gasteiger partial charge in [0.15, 0.2) is 0 Å². The second-order valence-electron chi connectivity index (χ2n) is 5.88. The maximum absolute atomic E-state index is 12.0. The number of likely N-dealkylation sites (N-methyl/N-ethyl adjacent to an activating group) is 1. The van der Waals surface area contributed by atoms with Gasteiger partial charge in [-0.3, -0.25) is 9.69 Å². The van der Waals surface area contributed by atoms with Crippen LogP contribution >= 0.6 is 0 Å². The quantitative estimate of drug-likeness (QED) is 0.840. The number of rotatable bonds is 6. The van der Waals surface area contributed by atoms with Gasteiger partial charge in [-0.25, -0.2) is 0 Å². The molecule has 0 spiro atoms. The fourth-order valence-corrected chi connectivity index (χ4v) is 2.90. The van der Waals surface area contributed by atoms with E-state index in [0.717, 1.165) is 25.7 Å². The third-order valence-electron chi connectivity index (χ3n) is 3.87. The van der Waals surface area contributed by atoms with Gasteiger partial charge in [0.2, 0.25) is 5.91 Å². The Kier molecular flexibility index (Phi) is 5.20. The molecule has 0 saturated heterocycles. The van der Waals surface area contributed by atoms with E-state index in [9.17, 15) is 9.90 Å². The largest absolute Gasteiger partial charge is 0.497 e. The number of amides is 1. The van der Waals surface area contributed by atoms with Gasteiger partial charge in [0.25, 0.3) is 0 Å². The molecule has 21 heavy (non-hydrogen) atoms. The van der Waals surface area contributed by atoms with Crippen molar-refractivity contribution in [3.05, 3.63) is 24.3 Å². The summed E-state index contributed by atoms with van der Waals surface area (Å²) in [6.07, 6.45) is 3.80. The third kappa shape index (κ3) is 4.72. The summed E-state index contributed by atoms with van der Waals surface area (Å²) in [5.74, 6) is 0.619. The van der Waals surface area contributed by atoms with Crippen molar-refractivity contribution < 1.29 is 14.6 Å². The first kappa shape index (κ1) is 15.8. The van der Waals surface area contributed by atoms with Crippen LogP contribution in [0, 0.1) is 0 Å². The SMILES string of the molecule is COc1cccc(NC(=O)CN(C)CC2(O)CCCC2)c1. The van der Waals surface area contributed by atoms with Gasteiger partial charge in [-0.2, -0.15) is 0 Å². The van der Waals surface area contributed by atoms with Crippen LogP contribution in [0.2, 0.25) is 0 Å². The molecular formula is C16H24N2O3. The number of hydrogen-bond donors (Lipinski definition) is 2. The lowest BCUT2D eigenvalue weighted by molar-refractivity contribution is -0.117. The van der Waals surface area contributed by atoms with E-state index in [4.69, 9.17) is 4.74 Å². The molecule has 1 aromatic carbocycles. The van der Waals surface area contributed by atoms with Crippen LogP contribution in [0.1, 0.15) is 25.7 Å². The van der Waals surface area contributed by atoms with E-state index in [-0.39, 0.29) is 12.5 Å². The van der Waals surface area contributed by atoms with Crippen molar-refractivity contribution in [3.8, 4) is 5.75 Å². The average Bonchev–Trinajstić information content (AvgIpc) is 2.84. The molecule has 0 aromatic heterocycles. The van der Waals surface area contributed by atoms with Crippen LogP contribution < -0.4 is 10.1 Å². The van der Waals surface area contributed by atoms with Crippen molar-refractivity contribution in [1.82, 2.24) is 4.90 Å². The first-order chi connectivity index (χ1) is 10.0. The maximum Gasteiger partial charge on any atom is 0.238 e. The Morgan fingerprint density at radius 3 is 2.81 bits per heavy atom. The zero-order chi connectivity index (χ0) is 15.3. The molecule has 0 radical (unpaired) electrons. The number of ether oxygens (including phenoxy) is 1. The van der Waals surface area contributed by atoms with Crippen LogP contribution in [-0.4, -0.2) is 48.8 Å². The van der Waals surface area contributed by atoms with E-state index in [2.05, 4.69) is 5.32 Å². The molecule has 1 amide bonds. The summed E-state index contributed by atoms with van der Waals surface area (Å²) < 4.78 is 5.12. The minimum atomic E-state index is -0.620. The smallest absolute Gasteiger partial charge is 0.238 e. The highest BCUT2D eigenvalue weighted by Crippen LogP contribution is 2.29. The first-order valence-electron chi connectivity index (χ1n) is 7.36. The molecular weight excluding hydrogens is 268 g/mol. The Labute approximate surface area is 125 Å². The molecule has 5 nitrogen and oxygen atoms in total. The molecule has 0 atom stereocenters. The van der Waals surface area contributed by atoms with E-state index < -0.39 is 5.60 Å². The summed E-state index contributed by atoms with van der Waals surface area (Å²) >= 11 is 0. The van der Waals surface area contributed by atoms with Crippen LogP contribution in [0.5, 0.6) is 5.75 Å². The monoisotopic (exact) mass is 292 g/mol. The molecule has 1 saturated carbocycles. The number of carbonyl (C=O) groups excluding carboxylic acids is 1. The van der Waals surface area contributed by atoms with Gasteiger partial charge in [0.05, 0.1) is 19.3 Å². The van der Waals surface area contributed by atoms with Gasteiger partial charge < -0.3 is 15.2 Å². The van der Waals surface area contributed by atoms with Crippen molar-refractivity contribution in [1.29, 1.82) is 0 Å². The summed E-state index contributed by atoms with van der Waals surface area (Å²) in [6, 6.07) is 7.27. The predicted molar refractivity (Wildman–Crippen MR) is 82.5 cm³/mol. The topological polar surface area (TPSA) is 61.8 Å². The van der Waals surface area contributed by atoms with Crippen molar-refractivity contribution >= 4 is 11.6 Å². The summed E-state index contributed by atoms with van der Waals surface area (Å²) in [5, 5.41) is 13.2. The van der Waals surface area contributed by atoms with E-state index in [1.165, 1.54) is 0 Å². The van der Waals surface area contributed by atoms with Gasteiger partial charge in [-0.05, 0) is 32.0 Å². The van der Waals surface area contributed by atoms with E-state index >= 15 is 0 Å². The summed E-state index contributed by atoms with van der Waals surface area (Å²) in [7, 11) is 3.46. The average molecular weight is 292 g/mol. The van der Waals surface area contributed by atoms with Gasteiger partial charge in [-0.1, -0.05) is 18.9 Å². The van der Waals surface area contributed by atoms with Gasteiger partial charge in [0.1, 0.15) is 5.75 Å². The van der Waals surface area contributed by atoms with Crippen LogP contribution in [0.15, 0.2) is 24.3 Å². The number of anilines is 1. The highest BCUT2D eigenvalue weighted by molar-refractivity contribution is 5.92. The third-order valence-corrected chi connectivity index (χ3v) is 3.87. The zero-order valence-electron chi connectivity index (χ0n) is 12.8.